The van der Waals surface area contributed by atoms with Crippen LogP contribution in [0, 0.1) is 5.92 Å². The number of rotatable bonds is 6. The fourth-order valence-corrected chi connectivity index (χ4v) is 1.48. The highest BCUT2D eigenvalue weighted by atomic mass is 16.3. The zero-order chi connectivity index (χ0) is 9.56. The molecule has 0 spiro atoms. The van der Waals surface area contributed by atoms with Gasteiger partial charge < -0.3 is 10.4 Å². The summed E-state index contributed by atoms with van der Waals surface area (Å²) in [4.78, 5) is 0. The maximum Gasteiger partial charge on any atom is 0.0584 e. The van der Waals surface area contributed by atoms with Crippen LogP contribution < -0.4 is 5.32 Å². The van der Waals surface area contributed by atoms with E-state index in [2.05, 4.69) is 33.0 Å². The van der Waals surface area contributed by atoms with E-state index in [0.717, 1.165) is 12.3 Å². The molecule has 0 saturated heterocycles. The lowest BCUT2D eigenvalue weighted by Crippen LogP contribution is -2.39. The van der Waals surface area contributed by atoms with Crippen molar-refractivity contribution in [3.8, 4) is 0 Å². The molecule has 0 aliphatic carbocycles. The molecular formula is C10H23NO. The molecule has 2 heteroatoms. The summed E-state index contributed by atoms with van der Waals surface area (Å²) in [6, 6.07) is 0.792. The molecule has 0 aliphatic heterocycles. The third-order valence-electron chi connectivity index (χ3n) is 2.06. The van der Waals surface area contributed by atoms with Gasteiger partial charge in [0.25, 0.3) is 0 Å². The average molecular weight is 173 g/mol. The Balaban J connectivity index is 3.58. The van der Waals surface area contributed by atoms with Crippen molar-refractivity contribution in [1.29, 1.82) is 0 Å². The molecule has 0 amide bonds. The second-order valence-electron chi connectivity index (χ2n) is 3.99. The minimum Gasteiger partial charge on any atom is -0.395 e. The van der Waals surface area contributed by atoms with Gasteiger partial charge in [-0.1, -0.05) is 20.8 Å². The predicted molar refractivity (Wildman–Crippen MR) is 53.2 cm³/mol. The van der Waals surface area contributed by atoms with Gasteiger partial charge in [-0.15, -0.1) is 0 Å². The maximum absolute atomic E-state index is 8.95. The van der Waals surface area contributed by atoms with Crippen LogP contribution in [0.15, 0.2) is 0 Å². The molecule has 1 unspecified atom stereocenters. The smallest absolute Gasteiger partial charge is 0.0584 e. The molecule has 2 nitrogen and oxygen atoms in total. The summed E-state index contributed by atoms with van der Waals surface area (Å²) in [5.41, 5.74) is 0. The first kappa shape index (κ1) is 11.9. The number of aliphatic hydroxyl groups is 1. The van der Waals surface area contributed by atoms with Crippen molar-refractivity contribution in [2.24, 2.45) is 5.92 Å². The van der Waals surface area contributed by atoms with Crippen molar-refractivity contribution in [2.45, 2.75) is 52.6 Å². The van der Waals surface area contributed by atoms with Crippen molar-refractivity contribution in [2.75, 3.05) is 6.61 Å². The molecule has 12 heavy (non-hydrogen) atoms. The highest BCUT2D eigenvalue weighted by Gasteiger charge is 2.09. The lowest BCUT2D eigenvalue weighted by Gasteiger charge is -2.21. The quantitative estimate of drug-likeness (QED) is 0.641. The van der Waals surface area contributed by atoms with Gasteiger partial charge in [0, 0.05) is 12.1 Å². The van der Waals surface area contributed by atoms with Crippen molar-refractivity contribution in [1.82, 2.24) is 5.32 Å². The molecule has 0 aromatic carbocycles. The lowest BCUT2D eigenvalue weighted by atomic mass is 10.0. The van der Waals surface area contributed by atoms with Crippen LogP contribution in [-0.2, 0) is 0 Å². The minimum absolute atomic E-state index is 0.249. The van der Waals surface area contributed by atoms with E-state index >= 15 is 0 Å². The summed E-state index contributed by atoms with van der Waals surface area (Å²) in [6.07, 6.45) is 2.18. The maximum atomic E-state index is 8.95. The van der Waals surface area contributed by atoms with E-state index in [1.54, 1.807) is 0 Å². The predicted octanol–water partition coefficient (Wildman–Crippen LogP) is 1.78. The van der Waals surface area contributed by atoms with Crippen molar-refractivity contribution in [3.63, 3.8) is 0 Å². The van der Waals surface area contributed by atoms with Gasteiger partial charge in [0.1, 0.15) is 0 Å². The lowest BCUT2D eigenvalue weighted by molar-refractivity contribution is 0.224. The molecule has 0 saturated carbocycles. The monoisotopic (exact) mass is 173 g/mol. The molecule has 0 radical (unpaired) electrons. The topological polar surface area (TPSA) is 32.3 Å². The Hall–Kier alpha value is -0.0800. The fraction of sp³-hybridized carbons (Fsp3) is 1.00. The van der Waals surface area contributed by atoms with Crippen LogP contribution in [0.5, 0.6) is 0 Å². The summed E-state index contributed by atoms with van der Waals surface area (Å²) in [5.74, 6) is 0.726. The zero-order valence-electron chi connectivity index (χ0n) is 8.80. The number of nitrogens with one attached hydrogen (secondary N) is 1. The minimum atomic E-state index is 0.249. The summed E-state index contributed by atoms with van der Waals surface area (Å²) < 4.78 is 0. The number of hydrogen-bond acceptors (Lipinski definition) is 2. The van der Waals surface area contributed by atoms with Crippen LogP contribution in [-0.4, -0.2) is 23.8 Å². The molecule has 2 N–H and O–H groups in total. The van der Waals surface area contributed by atoms with Crippen molar-refractivity contribution >= 4 is 0 Å². The highest BCUT2D eigenvalue weighted by molar-refractivity contribution is 4.70. The standard InChI is InChI=1S/C10H23NO/c1-5-10(7-12)11-9(4)6-8(2)3/h8-12H,5-7H2,1-4H3/t9?,10-/m1/s1. The molecule has 0 fully saturated rings. The number of hydrogen-bond donors (Lipinski definition) is 2. The van der Waals surface area contributed by atoms with E-state index in [1.807, 2.05) is 0 Å². The first-order chi connectivity index (χ1) is 5.60. The highest BCUT2D eigenvalue weighted by Crippen LogP contribution is 2.05. The molecule has 74 valence electrons. The van der Waals surface area contributed by atoms with Crippen LogP contribution >= 0.6 is 0 Å². The average Bonchev–Trinajstić information content (AvgIpc) is 1.98. The fourth-order valence-electron chi connectivity index (χ4n) is 1.48. The number of aliphatic hydroxyl groups excluding tert-OH is 1. The Morgan fingerprint density at radius 1 is 1.25 bits per heavy atom. The zero-order valence-corrected chi connectivity index (χ0v) is 8.80. The molecule has 0 bridgehead atoms. The van der Waals surface area contributed by atoms with E-state index in [0.29, 0.717) is 6.04 Å². The van der Waals surface area contributed by atoms with Gasteiger partial charge in [0.15, 0.2) is 0 Å². The van der Waals surface area contributed by atoms with Crippen LogP contribution in [0.1, 0.15) is 40.5 Å². The first-order valence-electron chi connectivity index (χ1n) is 4.97. The molecule has 0 aliphatic rings. The van der Waals surface area contributed by atoms with E-state index in [1.165, 1.54) is 6.42 Å². The normalized spacial score (nSPS) is 16.5. The van der Waals surface area contributed by atoms with Crippen LogP contribution in [0.25, 0.3) is 0 Å². The summed E-state index contributed by atoms with van der Waals surface area (Å²) in [7, 11) is 0. The van der Waals surface area contributed by atoms with Gasteiger partial charge >= 0.3 is 0 Å². The Morgan fingerprint density at radius 3 is 2.17 bits per heavy atom. The molecular weight excluding hydrogens is 150 g/mol. The second kappa shape index (κ2) is 6.44. The molecule has 0 aromatic rings. The van der Waals surface area contributed by atoms with Crippen molar-refractivity contribution < 1.29 is 5.11 Å². The van der Waals surface area contributed by atoms with Gasteiger partial charge in [-0.05, 0) is 25.7 Å². The molecule has 0 rings (SSSR count). The molecule has 2 atom stereocenters. The van der Waals surface area contributed by atoms with E-state index in [-0.39, 0.29) is 12.6 Å². The van der Waals surface area contributed by atoms with E-state index < -0.39 is 0 Å². The van der Waals surface area contributed by atoms with Gasteiger partial charge in [-0.2, -0.15) is 0 Å². The van der Waals surface area contributed by atoms with Gasteiger partial charge in [-0.3, -0.25) is 0 Å². The molecule has 0 heterocycles. The Kier molecular flexibility index (Phi) is 6.39. The Bertz CT molecular complexity index is 100. The van der Waals surface area contributed by atoms with Gasteiger partial charge in [-0.25, -0.2) is 0 Å². The summed E-state index contributed by atoms with van der Waals surface area (Å²) in [5, 5.41) is 12.3. The SMILES string of the molecule is CC[C@H](CO)NC(C)CC(C)C. The van der Waals surface area contributed by atoms with E-state index in [4.69, 9.17) is 5.11 Å². The Morgan fingerprint density at radius 2 is 1.83 bits per heavy atom. The second-order valence-corrected chi connectivity index (χ2v) is 3.99. The van der Waals surface area contributed by atoms with Crippen LogP contribution in [0.3, 0.4) is 0 Å². The van der Waals surface area contributed by atoms with E-state index in [9.17, 15) is 0 Å². The van der Waals surface area contributed by atoms with Gasteiger partial charge in [0.05, 0.1) is 6.61 Å². The van der Waals surface area contributed by atoms with Crippen molar-refractivity contribution in [3.05, 3.63) is 0 Å². The third-order valence-corrected chi connectivity index (χ3v) is 2.06. The van der Waals surface area contributed by atoms with Gasteiger partial charge in [0.2, 0.25) is 0 Å². The van der Waals surface area contributed by atoms with Crippen LogP contribution in [0.4, 0.5) is 0 Å². The summed E-state index contributed by atoms with van der Waals surface area (Å²) in [6.45, 7) is 8.96. The largest absolute Gasteiger partial charge is 0.395 e. The van der Waals surface area contributed by atoms with Crippen LogP contribution in [0.2, 0.25) is 0 Å². The Labute approximate surface area is 76.4 Å². The third kappa shape index (κ3) is 5.56. The molecule has 0 aromatic heterocycles. The summed E-state index contributed by atoms with van der Waals surface area (Å²) >= 11 is 0. The first-order valence-corrected chi connectivity index (χ1v) is 4.97.